The Hall–Kier alpha value is -2.53. The van der Waals surface area contributed by atoms with Gasteiger partial charge in [0.2, 0.25) is 5.91 Å². The van der Waals surface area contributed by atoms with E-state index in [0.717, 1.165) is 30.5 Å². The zero-order valence-electron chi connectivity index (χ0n) is 15.4. The van der Waals surface area contributed by atoms with Crippen LogP contribution in [0.15, 0.2) is 48.5 Å². The van der Waals surface area contributed by atoms with Crippen molar-refractivity contribution < 1.29 is 9.59 Å². The number of nitrogens with zero attached hydrogens (tertiary/aromatic N) is 1. The van der Waals surface area contributed by atoms with Gasteiger partial charge in [-0.15, -0.1) is 0 Å². The van der Waals surface area contributed by atoms with E-state index in [0.29, 0.717) is 29.7 Å². The summed E-state index contributed by atoms with van der Waals surface area (Å²) < 4.78 is 0. The minimum absolute atomic E-state index is 0.168. The molecule has 0 spiro atoms. The summed E-state index contributed by atoms with van der Waals surface area (Å²) in [6.45, 7) is 3.37. The zero-order chi connectivity index (χ0) is 19.2. The molecular formula is C21H24ClN3O2. The molecule has 1 aliphatic heterocycles. The lowest BCUT2D eigenvalue weighted by molar-refractivity contribution is -0.130. The number of likely N-dealkylation sites (tertiary alicyclic amines) is 1. The van der Waals surface area contributed by atoms with E-state index in [4.69, 9.17) is 11.6 Å². The molecule has 142 valence electrons. The molecule has 0 radical (unpaired) electrons. The van der Waals surface area contributed by atoms with Crippen LogP contribution in [0.3, 0.4) is 0 Å². The molecule has 1 atom stereocenters. The summed E-state index contributed by atoms with van der Waals surface area (Å²) >= 11 is 5.85. The van der Waals surface area contributed by atoms with Crippen molar-refractivity contribution in [1.82, 2.24) is 10.2 Å². The second-order valence-corrected chi connectivity index (χ2v) is 7.32. The molecule has 0 aliphatic carbocycles. The predicted octanol–water partition coefficient (Wildman–Crippen LogP) is 4.22. The first-order chi connectivity index (χ1) is 13.0. The van der Waals surface area contributed by atoms with Gasteiger partial charge in [0.1, 0.15) is 0 Å². The number of carbonyl (C=O) groups excluding carboxylic acids is 2. The van der Waals surface area contributed by atoms with Crippen molar-refractivity contribution in [3.63, 3.8) is 0 Å². The third kappa shape index (κ3) is 5.47. The van der Waals surface area contributed by atoms with Gasteiger partial charge in [0.15, 0.2) is 0 Å². The zero-order valence-corrected chi connectivity index (χ0v) is 16.1. The fourth-order valence-corrected chi connectivity index (χ4v) is 3.37. The van der Waals surface area contributed by atoms with Crippen molar-refractivity contribution in [3.8, 4) is 0 Å². The summed E-state index contributed by atoms with van der Waals surface area (Å²) in [4.78, 5) is 26.3. The van der Waals surface area contributed by atoms with Crippen molar-refractivity contribution >= 4 is 29.2 Å². The Morgan fingerprint density at radius 1 is 1.07 bits per heavy atom. The Labute approximate surface area is 164 Å². The van der Waals surface area contributed by atoms with Gasteiger partial charge in [-0.1, -0.05) is 35.9 Å². The number of anilines is 1. The van der Waals surface area contributed by atoms with Crippen LogP contribution >= 0.6 is 11.6 Å². The van der Waals surface area contributed by atoms with E-state index < -0.39 is 0 Å². The van der Waals surface area contributed by atoms with Crippen LogP contribution in [-0.2, 0) is 17.8 Å². The minimum atomic E-state index is -0.278. The van der Waals surface area contributed by atoms with Crippen LogP contribution in [0.4, 0.5) is 10.5 Å². The number of carbonyl (C=O) groups is 2. The number of nitrogens with one attached hydrogen (secondary N) is 2. The largest absolute Gasteiger partial charge is 0.340 e. The van der Waals surface area contributed by atoms with Crippen LogP contribution in [-0.4, -0.2) is 29.4 Å². The molecule has 1 unspecified atom stereocenters. The van der Waals surface area contributed by atoms with E-state index in [1.807, 2.05) is 41.3 Å². The quantitative estimate of drug-likeness (QED) is 0.809. The summed E-state index contributed by atoms with van der Waals surface area (Å²) in [7, 11) is 0. The Morgan fingerprint density at radius 2 is 1.74 bits per heavy atom. The second-order valence-electron chi connectivity index (χ2n) is 6.89. The molecule has 2 N–H and O–H groups in total. The highest BCUT2D eigenvalue weighted by Gasteiger charge is 2.24. The monoisotopic (exact) mass is 385 g/mol. The Kier molecular flexibility index (Phi) is 6.35. The number of amides is 3. The lowest BCUT2D eigenvalue weighted by atomic mass is 10.1. The first-order valence-electron chi connectivity index (χ1n) is 9.19. The number of halogens is 1. The number of hydrogen-bond acceptors (Lipinski definition) is 2. The molecule has 1 heterocycles. The van der Waals surface area contributed by atoms with E-state index in [1.54, 1.807) is 12.1 Å². The Bertz CT molecular complexity index is 790. The highest BCUT2D eigenvalue weighted by Crippen LogP contribution is 2.18. The summed E-state index contributed by atoms with van der Waals surface area (Å²) in [5.41, 5.74) is 2.61. The van der Waals surface area contributed by atoms with Gasteiger partial charge in [-0.25, -0.2) is 4.79 Å². The molecule has 27 heavy (non-hydrogen) atoms. The summed E-state index contributed by atoms with van der Waals surface area (Å²) in [5.74, 6) is 0.168. The Balaban J connectivity index is 1.47. The van der Waals surface area contributed by atoms with Gasteiger partial charge in [-0.3, -0.25) is 4.79 Å². The van der Waals surface area contributed by atoms with Crippen molar-refractivity contribution in [2.24, 2.45) is 0 Å². The lowest BCUT2D eigenvalue weighted by Gasteiger charge is -2.21. The normalized spacial score (nSPS) is 16.2. The average molecular weight is 386 g/mol. The van der Waals surface area contributed by atoms with Crippen molar-refractivity contribution in [2.75, 3.05) is 11.9 Å². The highest BCUT2D eigenvalue weighted by atomic mass is 35.5. The lowest BCUT2D eigenvalue weighted by Crippen LogP contribution is -2.34. The maximum Gasteiger partial charge on any atom is 0.319 e. The van der Waals surface area contributed by atoms with E-state index in [2.05, 4.69) is 17.6 Å². The average Bonchev–Trinajstić information content (AvgIpc) is 3.09. The van der Waals surface area contributed by atoms with Crippen molar-refractivity contribution in [2.45, 2.75) is 38.8 Å². The van der Waals surface area contributed by atoms with E-state index in [9.17, 15) is 9.59 Å². The SMILES string of the molecule is CC1CCCN1C(=O)Cc1ccc(NC(=O)NCc2ccc(Cl)cc2)cc1. The standard InChI is InChI=1S/C21H24ClN3O2/c1-15-3-2-12-25(15)20(26)13-16-6-10-19(11-7-16)24-21(27)23-14-17-4-8-18(22)9-5-17/h4-11,15H,2-3,12-14H2,1H3,(H2,23,24,27). The van der Waals surface area contributed by atoms with Crippen LogP contribution in [0, 0.1) is 0 Å². The number of urea groups is 1. The van der Waals surface area contributed by atoms with Gasteiger partial charge < -0.3 is 15.5 Å². The minimum Gasteiger partial charge on any atom is -0.340 e. The molecule has 6 heteroatoms. The van der Waals surface area contributed by atoms with Gasteiger partial charge in [-0.05, 0) is 55.2 Å². The smallest absolute Gasteiger partial charge is 0.319 e. The van der Waals surface area contributed by atoms with Gasteiger partial charge in [0.25, 0.3) is 0 Å². The van der Waals surface area contributed by atoms with Gasteiger partial charge in [-0.2, -0.15) is 0 Å². The summed E-state index contributed by atoms with van der Waals surface area (Å²) in [5, 5.41) is 6.26. The number of benzene rings is 2. The topological polar surface area (TPSA) is 61.4 Å². The van der Waals surface area contributed by atoms with Crippen LogP contribution < -0.4 is 10.6 Å². The van der Waals surface area contributed by atoms with Gasteiger partial charge >= 0.3 is 6.03 Å². The van der Waals surface area contributed by atoms with Crippen LogP contribution in [0.2, 0.25) is 5.02 Å². The summed E-state index contributed by atoms with van der Waals surface area (Å²) in [6, 6.07) is 14.8. The molecule has 0 bridgehead atoms. The first-order valence-corrected chi connectivity index (χ1v) is 9.57. The predicted molar refractivity (Wildman–Crippen MR) is 108 cm³/mol. The highest BCUT2D eigenvalue weighted by molar-refractivity contribution is 6.30. The van der Waals surface area contributed by atoms with Crippen molar-refractivity contribution in [1.29, 1.82) is 0 Å². The molecule has 1 saturated heterocycles. The van der Waals surface area contributed by atoms with Gasteiger partial charge in [0.05, 0.1) is 6.42 Å². The fourth-order valence-electron chi connectivity index (χ4n) is 3.25. The van der Waals surface area contributed by atoms with Crippen LogP contribution in [0.25, 0.3) is 0 Å². The molecule has 1 aliphatic rings. The molecule has 0 aromatic heterocycles. The molecule has 1 fully saturated rings. The number of rotatable bonds is 5. The molecule has 5 nitrogen and oxygen atoms in total. The maximum atomic E-state index is 12.4. The number of hydrogen-bond donors (Lipinski definition) is 2. The van der Waals surface area contributed by atoms with E-state index >= 15 is 0 Å². The first kappa shape index (κ1) is 19.2. The molecule has 3 rings (SSSR count). The summed E-state index contributed by atoms with van der Waals surface area (Å²) in [6.07, 6.45) is 2.56. The molecule has 2 aromatic carbocycles. The second kappa shape index (κ2) is 8.91. The van der Waals surface area contributed by atoms with E-state index in [-0.39, 0.29) is 11.9 Å². The van der Waals surface area contributed by atoms with E-state index in [1.165, 1.54) is 0 Å². The van der Waals surface area contributed by atoms with Crippen molar-refractivity contribution in [3.05, 3.63) is 64.7 Å². The maximum absolute atomic E-state index is 12.4. The van der Waals surface area contributed by atoms with Gasteiger partial charge in [0, 0.05) is 29.8 Å². The molecule has 2 aromatic rings. The molecular weight excluding hydrogens is 362 g/mol. The molecule has 0 saturated carbocycles. The molecule has 3 amide bonds. The van der Waals surface area contributed by atoms with Crippen LogP contribution in [0.1, 0.15) is 30.9 Å². The van der Waals surface area contributed by atoms with Crippen LogP contribution in [0.5, 0.6) is 0 Å². The fraction of sp³-hybridized carbons (Fsp3) is 0.333. The third-order valence-electron chi connectivity index (χ3n) is 4.81. The Morgan fingerprint density at radius 3 is 2.37 bits per heavy atom. The third-order valence-corrected chi connectivity index (χ3v) is 5.06.